The fourth-order valence-electron chi connectivity index (χ4n) is 0.678. The van der Waals surface area contributed by atoms with Crippen molar-refractivity contribution in [2.24, 2.45) is 0 Å². The Hall–Kier alpha value is -0.830. The molecule has 0 amide bonds. The Morgan fingerprint density at radius 2 is 2.36 bits per heavy atom. The summed E-state index contributed by atoms with van der Waals surface area (Å²) >= 11 is 1.50. The number of aryl methyl sites for hydroxylation is 1. The van der Waals surface area contributed by atoms with Gasteiger partial charge >= 0.3 is 5.97 Å². The van der Waals surface area contributed by atoms with Crippen LogP contribution >= 0.6 is 11.3 Å². The molecule has 0 aliphatic carbocycles. The zero-order chi connectivity index (χ0) is 7.56. The predicted octanol–water partition coefficient (Wildman–Crippen LogP) is 2.64. The first-order valence-electron chi connectivity index (χ1n) is 3.04. The molecule has 11 heavy (non-hydrogen) atoms. The molecule has 1 N–H and O–H groups in total. The molecule has 0 aliphatic heterocycles. The number of hydrogen-bond acceptors (Lipinski definition) is 2. The van der Waals surface area contributed by atoms with E-state index in [4.69, 9.17) is 5.11 Å². The second-order valence-corrected chi connectivity index (χ2v) is 2.96. The molecule has 0 aliphatic rings. The van der Waals surface area contributed by atoms with Gasteiger partial charge in [-0.2, -0.15) is 0 Å². The molecule has 0 saturated carbocycles. The summed E-state index contributed by atoms with van der Waals surface area (Å²) in [5, 5.41) is 10.2. The summed E-state index contributed by atoms with van der Waals surface area (Å²) in [5.41, 5.74) is 0.404. The molecular weight excluding hydrogens is 160 g/mol. The highest BCUT2D eigenvalue weighted by Gasteiger charge is 2.03. The minimum absolute atomic E-state index is 0. The summed E-state index contributed by atoms with van der Waals surface area (Å²) in [5.74, 6) is -0.837. The van der Waals surface area contributed by atoms with Gasteiger partial charge in [0.25, 0.3) is 0 Å². The average Bonchev–Trinajstić information content (AvgIpc) is 2.34. The van der Waals surface area contributed by atoms with E-state index in [-0.39, 0.29) is 7.43 Å². The lowest BCUT2D eigenvalue weighted by Gasteiger charge is -1.82. The van der Waals surface area contributed by atoms with Gasteiger partial charge in [-0.25, -0.2) is 4.79 Å². The maximum absolute atomic E-state index is 10.3. The first kappa shape index (κ1) is 10.2. The number of rotatable bonds is 2. The Morgan fingerprint density at radius 3 is 2.64 bits per heavy atom. The molecule has 3 heteroatoms. The summed E-state index contributed by atoms with van der Waals surface area (Å²) in [7, 11) is 0. The largest absolute Gasteiger partial charge is 0.478 e. The van der Waals surface area contributed by atoms with Gasteiger partial charge < -0.3 is 5.11 Å². The van der Waals surface area contributed by atoms with Crippen molar-refractivity contribution < 1.29 is 9.90 Å². The Balaban J connectivity index is 0.000001000. The van der Waals surface area contributed by atoms with E-state index in [9.17, 15) is 4.79 Å². The van der Waals surface area contributed by atoms with Crippen LogP contribution < -0.4 is 0 Å². The van der Waals surface area contributed by atoms with E-state index in [0.29, 0.717) is 5.56 Å². The van der Waals surface area contributed by atoms with Crippen LogP contribution in [0.2, 0.25) is 0 Å². The lowest BCUT2D eigenvalue weighted by molar-refractivity contribution is 0.0697. The van der Waals surface area contributed by atoms with Crippen LogP contribution in [0.1, 0.15) is 29.6 Å². The monoisotopic (exact) mass is 172 g/mol. The molecule has 0 spiro atoms. The van der Waals surface area contributed by atoms with Crippen LogP contribution in [-0.4, -0.2) is 11.1 Å². The van der Waals surface area contributed by atoms with Crippen molar-refractivity contribution >= 4 is 17.3 Å². The molecule has 62 valence electrons. The summed E-state index contributed by atoms with van der Waals surface area (Å²) in [6.07, 6.45) is 0.915. The van der Waals surface area contributed by atoms with Crippen molar-refractivity contribution in [2.75, 3.05) is 0 Å². The molecule has 0 saturated heterocycles. The summed E-state index contributed by atoms with van der Waals surface area (Å²) < 4.78 is 0. The van der Waals surface area contributed by atoms with Crippen LogP contribution in [0.25, 0.3) is 0 Å². The minimum Gasteiger partial charge on any atom is -0.478 e. The van der Waals surface area contributed by atoms with Crippen LogP contribution in [-0.2, 0) is 6.42 Å². The SMILES string of the molecule is C.CCc1cc(C(=O)O)cs1. The number of carboxylic acid groups (broad SMARTS) is 1. The normalized spacial score (nSPS) is 8.82. The van der Waals surface area contributed by atoms with E-state index in [1.807, 2.05) is 6.92 Å². The van der Waals surface area contributed by atoms with Crippen LogP contribution in [0.15, 0.2) is 11.4 Å². The zero-order valence-electron chi connectivity index (χ0n) is 5.63. The zero-order valence-corrected chi connectivity index (χ0v) is 6.44. The minimum atomic E-state index is -0.837. The van der Waals surface area contributed by atoms with Gasteiger partial charge in [-0.05, 0) is 12.5 Å². The van der Waals surface area contributed by atoms with Gasteiger partial charge in [-0.15, -0.1) is 11.3 Å². The standard InChI is InChI=1S/C7H8O2S.CH4/c1-2-6-3-5(4-10-6)7(8)9;/h3-4H,2H2,1H3,(H,8,9);1H4. The molecule has 0 atom stereocenters. The molecule has 1 aromatic heterocycles. The van der Waals surface area contributed by atoms with E-state index in [0.717, 1.165) is 11.3 Å². The van der Waals surface area contributed by atoms with Gasteiger partial charge in [0.15, 0.2) is 0 Å². The predicted molar refractivity (Wildman–Crippen MR) is 47.4 cm³/mol. The van der Waals surface area contributed by atoms with Gasteiger partial charge in [-0.1, -0.05) is 14.4 Å². The maximum atomic E-state index is 10.3. The lowest BCUT2D eigenvalue weighted by atomic mass is 10.3. The van der Waals surface area contributed by atoms with Gasteiger partial charge in [0.2, 0.25) is 0 Å². The Bertz CT molecular complexity index is 240. The maximum Gasteiger partial charge on any atom is 0.336 e. The molecule has 0 radical (unpaired) electrons. The fourth-order valence-corrected chi connectivity index (χ4v) is 1.49. The fraction of sp³-hybridized carbons (Fsp3) is 0.375. The van der Waals surface area contributed by atoms with Crippen molar-refractivity contribution in [3.8, 4) is 0 Å². The second-order valence-electron chi connectivity index (χ2n) is 1.96. The quantitative estimate of drug-likeness (QED) is 0.744. The average molecular weight is 172 g/mol. The van der Waals surface area contributed by atoms with Crippen LogP contribution in [0.4, 0.5) is 0 Å². The molecule has 2 nitrogen and oxygen atoms in total. The Kier molecular flexibility index (Phi) is 3.82. The Morgan fingerprint density at radius 1 is 1.73 bits per heavy atom. The molecule has 0 unspecified atom stereocenters. The van der Waals surface area contributed by atoms with Gasteiger partial charge in [-0.3, -0.25) is 0 Å². The molecule has 0 fully saturated rings. The van der Waals surface area contributed by atoms with E-state index >= 15 is 0 Å². The van der Waals surface area contributed by atoms with Crippen molar-refractivity contribution in [1.29, 1.82) is 0 Å². The summed E-state index contributed by atoms with van der Waals surface area (Å²) in [6, 6.07) is 1.72. The molecular formula is C8H12O2S. The number of aromatic carboxylic acids is 1. The molecule has 1 heterocycles. The van der Waals surface area contributed by atoms with Crippen molar-refractivity contribution in [1.82, 2.24) is 0 Å². The third-order valence-corrected chi connectivity index (χ3v) is 2.33. The van der Waals surface area contributed by atoms with E-state index in [1.54, 1.807) is 11.4 Å². The number of carboxylic acids is 1. The van der Waals surface area contributed by atoms with E-state index in [1.165, 1.54) is 11.3 Å². The molecule has 0 bridgehead atoms. The van der Waals surface area contributed by atoms with Crippen molar-refractivity contribution in [2.45, 2.75) is 20.8 Å². The molecule has 0 aromatic carbocycles. The van der Waals surface area contributed by atoms with Gasteiger partial charge in [0.1, 0.15) is 0 Å². The smallest absolute Gasteiger partial charge is 0.336 e. The summed E-state index contributed by atoms with van der Waals surface area (Å²) in [6.45, 7) is 2.01. The highest BCUT2D eigenvalue weighted by molar-refractivity contribution is 7.10. The van der Waals surface area contributed by atoms with Crippen LogP contribution in [0.3, 0.4) is 0 Å². The molecule has 1 rings (SSSR count). The van der Waals surface area contributed by atoms with Crippen molar-refractivity contribution in [3.63, 3.8) is 0 Å². The lowest BCUT2D eigenvalue weighted by Crippen LogP contribution is -1.91. The van der Waals surface area contributed by atoms with Gasteiger partial charge in [0.05, 0.1) is 5.56 Å². The highest BCUT2D eigenvalue weighted by Crippen LogP contribution is 2.14. The van der Waals surface area contributed by atoms with E-state index in [2.05, 4.69) is 0 Å². The first-order chi connectivity index (χ1) is 4.74. The number of hydrogen-bond donors (Lipinski definition) is 1. The third kappa shape index (κ3) is 2.35. The summed E-state index contributed by atoms with van der Waals surface area (Å²) in [4.78, 5) is 11.5. The van der Waals surface area contributed by atoms with Crippen LogP contribution in [0.5, 0.6) is 0 Å². The number of carbonyl (C=O) groups is 1. The van der Waals surface area contributed by atoms with Gasteiger partial charge in [0, 0.05) is 10.3 Å². The second kappa shape index (κ2) is 4.13. The Labute approximate surface area is 70.5 Å². The molecule has 1 aromatic rings. The third-order valence-electron chi connectivity index (χ3n) is 1.25. The van der Waals surface area contributed by atoms with Crippen LogP contribution in [0, 0.1) is 0 Å². The van der Waals surface area contributed by atoms with Crippen molar-refractivity contribution in [3.05, 3.63) is 21.9 Å². The first-order valence-corrected chi connectivity index (χ1v) is 3.92. The highest BCUT2D eigenvalue weighted by atomic mass is 32.1. The van der Waals surface area contributed by atoms with E-state index < -0.39 is 5.97 Å². The number of thiophene rings is 1. The topological polar surface area (TPSA) is 37.3 Å².